The van der Waals surface area contributed by atoms with Gasteiger partial charge >= 0.3 is 12.3 Å². The van der Waals surface area contributed by atoms with Gasteiger partial charge in [0.25, 0.3) is 0 Å². The minimum absolute atomic E-state index is 0.139. The predicted molar refractivity (Wildman–Crippen MR) is 71.8 cm³/mol. The van der Waals surface area contributed by atoms with Crippen molar-refractivity contribution in [1.29, 1.82) is 0 Å². The van der Waals surface area contributed by atoms with Gasteiger partial charge in [-0.05, 0) is 30.3 Å². The van der Waals surface area contributed by atoms with Gasteiger partial charge in [-0.3, -0.25) is 0 Å². The summed E-state index contributed by atoms with van der Waals surface area (Å²) in [5, 5.41) is 3.16. The van der Waals surface area contributed by atoms with Crippen molar-refractivity contribution in [2.45, 2.75) is 16.2 Å². The molecule has 0 radical (unpaired) electrons. The van der Waals surface area contributed by atoms with Gasteiger partial charge in [0.2, 0.25) is 0 Å². The molecule has 0 fully saturated rings. The number of carbonyl (C=O) groups excluding carboxylic acids is 1. The smallest absolute Gasteiger partial charge is 0.369 e. The lowest BCUT2D eigenvalue weighted by Crippen LogP contribution is -2.19. The minimum Gasteiger partial charge on any atom is -0.369 e. The quantitative estimate of drug-likeness (QED) is 0.668. The van der Waals surface area contributed by atoms with Crippen molar-refractivity contribution in [2.24, 2.45) is 0 Å². The minimum atomic E-state index is -4.98. The second-order valence-electron chi connectivity index (χ2n) is 4.27. The van der Waals surface area contributed by atoms with Crippen LogP contribution in [-0.4, -0.2) is 12.3 Å². The monoisotopic (exact) mass is 311 g/mol. The number of carbonyl (C=O) groups is 1. The van der Waals surface area contributed by atoms with Gasteiger partial charge in [-0.25, -0.2) is 4.79 Å². The normalized spacial score (nSPS) is 12.9. The lowest BCUT2D eigenvalue weighted by molar-refractivity contribution is -0.291. The third-order valence-electron chi connectivity index (χ3n) is 2.80. The van der Waals surface area contributed by atoms with Crippen molar-refractivity contribution in [3.63, 3.8) is 0 Å². The highest BCUT2D eigenvalue weighted by Crippen LogP contribution is 2.44. The van der Waals surface area contributed by atoms with Gasteiger partial charge < -0.3 is 10.1 Å². The lowest BCUT2D eigenvalue weighted by atomic mass is 10.2. The van der Waals surface area contributed by atoms with Gasteiger partial charge in [0, 0.05) is 9.79 Å². The van der Waals surface area contributed by atoms with Crippen LogP contribution in [0.2, 0.25) is 0 Å². The van der Waals surface area contributed by atoms with Crippen LogP contribution in [0.4, 0.5) is 24.5 Å². The molecule has 1 heterocycles. The number of hydrogen-bond acceptors (Lipinski definition) is 4. The summed E-state index contributed by atoms with van der Waals surface area (Å²) in [6.07, 6.45) is -4.98. The van der Waals surface area contributed by atoms with Gasteiger partial charge in [0.1, 0.15) is 0 Å². The second-order valence-corrected chi connectivity index (χ2v) is 5.35. The van der Waals surface area contributed by atoms with E-state index in [1.54, 1.807) is 6.07 Å². The Morgan fingerprint density at radius 2 is 1.76 bits per heavy atom. The molecule has 0 amide bonds. The number of rotatable bonds is 1. The van der Waals surface area contributed by atoms with Crippen molar-refractivity contribution < 1.29 is 22.7 Å². The first-order valence-electron chi connectivity index (χ1n) is 5.90. The van der Waals surface area contributed by atoms with Crippen LogP contribution in [0.5, 0.6) is 0 Å². The molecule has 0 unspecified atom stereocenters. The van der Waals surface area contributed by atoms with Crippen LogP contribution in [-0.2, 0) is 4.74 Å². The second kappa shape index (κ2) is 5.00. The molecule has 0 atom stereocenters. The van der Waals surface area contributed by atoms with E-state index in [2.05, 4.69) is 10.1 Å². The first-order chi connectivity index (χ1) is 9.92. The molecular formula is C14H8F3NO2S. The molecule has 0 aliphatic carbocycles. The summed E-state index contributed by atoms with van der Waals surface area (Å²) in [5.74, 6) is -1.41. The van der Waals surface area contributed by atoms with Crippen molar-refractivity contribution in [2.75, 3.05) is 5.32 Å². The zero-order valence-corrected chi connectivity index (χ0v) is 11.2. The molecule has 1 N–H and O–H groups in total. The van der Waals surface area contributed by atoms with E-state index < -0.39 is 12.3 Å². The van der Waals surface area contributed by atoms with E-state index in [9.17, 15) is 18.0 Å². The molecule has 0 spiro atoms. The molecule has 7 heteroatoms. The van der Waals surface area contributed by atoms with Crippen LogP contribution in [0.25, 0.3) is 0 Å². The van der Waals surface area contributed by atoms with Gasteiger partial charge in [-0.2, -0.15) is 0 Å². The highest BCUT2D eigenvalue weighted by Gasteiger charge is 2.34. The largest absolute Gasteiger partial charge is 0.575 e. The molecule has 108 valence electrons. The number of ether oxygens (including phenoxy) is 1. The first-order valence-corrected chi connectivity index (χ1v) is 6.72. The summed E-state index contributed by atoms with van der Waals surface area (Å²) in [4.78, 5) is 13.0. The number of alkyl halides is 3. The van der Waals surface area contributed by atoms with E-state index in [0.29, 0.717) is 4.90 Å². The Morgan fingerprint density at radius 3 is 2.52 bits per heavy atom. The zero-order valence-electron chi connectivity index (χ0n) is 10.4. The van der Waals surface area contributed by atoms with E-state index in [4.69, 9.17) is 0 Å². The Bertz CT molecular complexity index is 716. The summed E-state index contributed by atoms with van der Waals surface area (Å²) in [5.41, 5.74) is 1.52. The highest BCUT2D eigenvalue weighted by molar-refractivity contribution is 7.99. The van der Waals surface area contributed by atoms with Gasteiger partial charge in [0.05, 0.1) is 16.9 Å². The number of halogens is 3. The summed E-state index contributed by atoms with van der Waals surface area (Å²) >= 11 is 1.38. The molecule has 1 aliphatic heterocycles. The summed E-state index contributed by atoms with van der Waals surface area (Å²) in [6.45, 7) is 0. The van der Waals surface area contributed by atoms with E-state index in [1.165, 1.54) is 23.9 Å². The van der Waals surface area contributed by atoms with Crippen LogP contribution in [0, 0.1) is 0 Å². The molecule has 1 aliphatic rings. The van der Waals surface area contributed by atoms with Crippen LogP contribution in [0.3, 0.4) is 0 Å². The molecular weight excluding hydrogens is 303 g/mol. The number of nitrogens with one attached hydrogen (secondary N) is 1. The Kier molecular flexibility index (Phi) is 3.29. The third kappa shape index (κ3) is 2.97. The summed E-state index contributed by atoms with van der Waals surface area (Å²) in [7, 11) is 0. The summed E-state index contributed by atoms with van der Waals surface area (Å²) < 4.78 is 39.6. The van der Waals surface area contributed by atoms with Crippen molar-refractivity contribution in [3.05, 3.63) is 48.0 Å². The number of para-hydroxylation sites is 1. The Balaban J connectivity index is 1.88. The van der Waals surface area contributed by atoms with Gasteiger partial charge in [0.15, 0.2) is 0 Å². The molecule has 2 aromatic rings. The van der Waals surface area contributed by atoms with Crippen LogP contribution < -0.4 is 5.32 Å². The topological polar surface area (TPSA) is 38.3 Å². The average molecular weight is 311 g/mol. The van der Waals surface area contributed by atoms with Crippen molar-refractivity contribution in [1.82, 2.24) is 0 Å². The van der Waals surface area contributed by atoms with Gasteiger partial charge in [-0.15, -0.1) is 13.2 Å². The van der Waals surface area contributed by atoms with Crippen molar-refractivity contribution in [3.8, 4) is 0 Å². The van der Waals surface area contributed by atoms with Crippen LogP contribution in [0.1, 0.15) is 10.4 Å². The maximum Gasteiger partial charge on any atom is 0.575 e. The standard InChI is InChI=1S/C14H8F3NO2S/c15-14(16,17)20-13(19)8-5-6-10-12(7-8)21-11-4-2-1-3-9(11)18-10/h1-7,18H. The van der Waals surface area contributed by atoms with E-state index in [0.717, 1.165) is 16.3 Å². The van der Waals surface area contributed by atoms with Crippen LogP contribution >= 0.6 is 11.8 Å². The molecule has 3 rings (SSSR count). The number of benzene rings is 2. The Labute approximate surface area is 122 Å². The van der Waals surface area contributed by atoms with E-state index in [1.807, 2.05) is 24.3 Å². The predicted octanol–water partition coefficient (Wildman–Crippen LogP) is 4.57. The molecule has 0 saturated carbocycles. The van der Waals surface area contributed by atoms with Gasteiger partial charge in [-0.1, -0.05) is 23.9 Å². The fourth-order valence-electron chi connectivity index (χ4n) is 1.92. The zero-order chi connectivity index (χ0) is 15.0. The third-order valence-corrected chi connectivity index (χ3v) is 3.94. The average Bonchev–Trinajstić information content (AvgIpc) is 2.42. The van der Waals surface area contributed by atoms with Crippen molar-refractivity contribution >= 4 is 29.1 Å². The number of hydrogen-bond donors (Lipinski definition) is 1. The molecule has 0 aromatic heterocycles. The van der Waals surface area contributed by atoms with E-state index >= 15 is 0 Å². The maximum absolute atomic E-state index is 12.1. The fraction of sp³-hybridized carbons (Fsp3) is 0.0714. The fourth-order valence-corrected chi connectivity index (χ4v) is 2.95. The number of anilines is 2. The highest BCUT2D eigenvalue weighted by atomic mass is 32.2. The molecule has 0 bridgehead atoms. The molecule has 2 aromatic carbocycles. The summed E-state index contributed by atoms with van der Waals surface area (Å²) in [6, 6.07) is 11.8. The first kappa shape index (κ1) is 13.8. The Morgan fingerprint density at radius 1 is 1.05 bits per heavy atom. The lowest BCUT2D eigenvalue weighted by Gasteiger charge is -2.21. The number of esters is 1. The molecule has 3 nitrogen and oxygen atoms in total. The molecule has 21 heavy (non-hydrogen) atoms. The maximum atomic E-state index is 12.1. The Hall–Kier alpha value is -2.15. The molecule has 0 saturated heterocycles. The number of fused-ring (bicyclic) bond motifs is 2. The SMILES string of the molecule is O=C(OC(F)(F)F)c1ccc2c(c1)Sc1ccccc1N2. The van der Waals surface area contributed by atoms with Crippen LogP contribution in [0.15, 0.2) is 52.3 Å². The van der Waals surface area contributed by atoms with E-state index in [-0.39, 0.29) is 5.56 Å².